The molecule has 0 aromatic heterocycles. The topological polar surface area (TPSA) is 46.3 Å². The monoisotopic (exact) mass is 298 g/mol. The molecule has 0 spiro atoms. The van der Waals surface area contributed by atoms with Crippen molar-refractivity contribution in [2.75, 3.05) is 22.9 Å². The van der Waals surface area contributed by atoms with E-state index in [4.69, 9.17) is 5.73 Å². The normalized spacial score (nSPS) is 21.7. The van der Waals surface area contributed by atoms with Crippen molar-refractivity contribution in [3.63, 3.8) is 0 Å². The Morgan fingerprint density at radius 1 is 1.37 bits per heavy atom. The lowest BCUT2D eigenvalue weighted by Crippen LogP contribution is -2.40. The molecule has 19 heavy (non-hydrogen) atoms. The molecule has 104 valence electrons. The Hall–Kier alpha value is -0.870. The molecule has 5 heteroatoms. The summed E-state index contributed by atoms with van der Waals surface area (Å²) >= 11 is 1.80. The van der Waals surface area contributed by atoms with E-state index in [0.29, 0.717) is 0 Å². The molecule has 1 unspecified atom stereocenters. The highest BCUT2D eigenvalue weighted by molar-refractivity contribution is 8.00. The van der Waals surface area contributed by atoms with E-state index in [0.717, 1.165) is 48.5 Å². The van der Waals surface area contributed by atoms with Crippen molar-refractivity contribution in [3.8, 4) is 0 Å². The number of fused-ring (bicyclic) bond motifs is 1. The molecule has 2 aliphatic heterocycles. The first-order chi connectivity index (χ1) is 8.77. The van der Waals surface area contributed by atoms with Gasteiger partial charge < -0.3 is 10.6 Å². The quantitative estimate of drug-likeness (QED) is 0.811. The average molecular weight is 299 g/mol. The van der Waals surface area contributed by atoms with Crippen LogP contribution < -0.4 is 10.6 Å². The van der Waals surface area contributed by atoms with Crippen LogP contribution in [0.1, 0.15) is 24.8 Å². The lowest BCUT2D eigenvalue weighted by Gasteiger charge is -2.31. The van der Waals surface area contributed by atoms with Crippen molar-refractivity contribution in [1.82, 2.24) is 0 Å². The Labute approximate surface area is 124 Å². The van der Waals surface area contributed by atoms with E-state index >= 15 is 0 Å². The number of nitrogens with two attached hydrogens (primary N) is 1. The summed E-state index contributed by atoms with van der Waals surface area (Å²) in [6, 6.07) is 5.90. The van der Waals surface area contributed by atoms with Gasteiger partial charge in [0.25, 0.3) is 0 Å². The lowest BCUT2D eigenvalue weighted by molar-refractivity contribution is -0.118. The lowest BCUT2D eigenvalue weighted by atomic mass is 9.99. The van der Waals surface area contributed by atoms with Crippen LogP contribution in [0.25, 0.3) is 0 Å². The first kappa shape index (κ1) is 14.5. The molecule has 2 N–H and O–H groups in total. The predicted molar refractivity (Wildman–Crippen MR) is 84.3 cm³/mol. The van der Waals surface area contributed by atoms with Crippen LogP contribution in [0.15, 0.2) is 18.2 Å². The smallest absolute Gasteiger partial charge is 0.240 e. The third-order valence-corrected chi connectivity index (χ3v) is 5.12. The molecule has 1 atom stereocenters. The van der Waals surface area contributed by atoms with Gasteiger partial charge in [-0.1, -0.05) is 6.07 Å². The van der Waals surface area contributed by atoms with Crippen LogP contribution in [0.3, 0.4) is 0 Å². The summed E-state index contributed by atoms with van der Waals surface area (Å²) in [5.74, 6) is 1.40. The first-order valence-electron chi connectivity index (χ1n) is 6.58. The molecule has 0 bridgehead atoms. The zero-order chi connectivity index (χ0) is 12.5. The Morgan fingerprint density at radius 3 is 2.95 bits per heavy atom. The number of benzene rings is 1. The number of nitrogen functional groups attached to an aromatic ring is 1. The van der Waals surface area contributed by atoms with Gasteiger partial charge in [-0.25, -0.2) is 0 Å². The molecule has 1 aromatic rings. The van der Waals surface area contributed by atoms with Gasteiger partial charge >= 0.3 is 0 Å². The van der Waals surface area contributed by atoms with Crippen LogP contribution in [-0.2, 0) is 11.2 Å². The maximum Gasteiger partial charge on any atom is 0.240 e. The number of amides is 1. The Balaban J connectivity index is 0.00000133. The molecule has 2 aliphatic rings. The molecule has 3 nitrogen and oxygen atoms in total. The van der Waals surface area contributed by atoms with Crippen LogP contribution >= 0.6 is 24.2 Å². The summed E-state index contributed by atoms with van der Waals surface area (Å²) in [6.45, 7) is 0.840. The van der Waals surface area contributed by atoms with Crippen LogP contribution in [0.4, 0.5) is 11.4 Å². The number of carbonyl (C=O) groups excluding carboxylic acids is 1. The molecule has 1 fully saturated rings. The molecule has 0 aliphatic carbocycles. The second kappa shape index (κ2) is 6.06. The van der Waals surface area contributed by atoms with Gasteiger partial charge in [-0.15, -0.1) is 24.2 Å². The largest absolute Gasteiger partial charge is 0.398 e. The van der Waals surface area contributed by atoms with Gasteiger partial charge in [-0.2, -0.15) is 0 Å². The molecule has 3 rings (SSSR count). The van der Waals surface area contributed by atoms with Crippen molar-refractivity contribution in [2.24, 2.45) is 0 Å². The maximum atomic E-state index is 12.5. The van der Waals surface area contributed by atoms with Crippen LogP contribution in [0.5, 0.6) is 0 Å². The van der Waals surface area contributed by atoms with Crippen LogP contribution in [0.2, 0.25) is 0 Å². The first-order valence-corrected chi connectivity index (χ1v) is 7.62. The van der Waals surface area contributed by atoms with Crippen LogP contribution in [0, 0.1) is 0 Å². The SMILES string of the molecule is Cl.Nc1cccc2c1CCCN2C(=O)C1CCCS1. The molecule has 1 aromatic carbocycles. The Morgan fingerprint density at radius 2 is 2.21 bits per heavy atom. The summed E-state index contributed by atoms with van der Waals surface area (Å²) in [6.07, 6.45) is 4.20. The van der Waals surface area contributed by atoms with E-state index in [-0.39, 0.29) is 23.6 Å². The fourth-order valence-corrected chi connectivity index (χ4v) is 4.05. The van der Waals surface area contributed by atoms with Gasteiger partial charge in [0.15, 0.2) is 0 Å². The van der Waals surface area contributed by atoms with Crippen molar-refractivity contribution < 1.29 is 4.79 Å². The van der Waals surface area contributed by atoms with Gasteiger partial charge in [-0.05, 0) is 49.1 Å². The third kappa shape index (κ3) is 2.70. The van der Waals surface area contributed by atoms with Crippen LogP contribution in [-0.4, -0.2) is 23.5 Å². The molecule has 1 amide bonds. The number of carbonyl (C=O) groups is 1. The average Bonchev–Trinajstić information content (AvgIpc) is 2.92. The molecular weight excluding hydrogens is 280 g/mol. The van der Waals surface area contributed by atoms with Crippen molar-refractivity contribution in [2.45, 2.75) is 30.9 Å². The van der Waals surface area contributed by atoms with Crippen molar-refractivity contribution >= 4 is 41.5 Å². The minimum absolute atomic E-state index is 0. The third-order valence-electron chi connectivity index (χ3n) is 3.76. The van der Waals surface area contributed by atoms with Gasteiger partial charge in [0.2, 0.25) is 5.91 Å². The highest BCUT2D eigenvalue weighted by Gasteiger charge is 2.31. The van der Waals surface area contributed by atoms with Gasteiger partial charge in [0, 0.05) is 17.9 Å². The summed E-state index contributed by atoms with van der Waals surface area (Å²) in [7, 11) is 0. The van der Waals surface area contributed by atoms with E-state index in [1.807, 2.05) is 23.1 Å². The predicted octanol–water partition coefficient (Wildman–Crippen LogP) is 2.87. The number of hydrogen-bond acceptors (Lipinski definition) is 3. The van der Waals surface area contributed by atoms with Crippen molar-refractivity contribution in [1.29, 1.82) is 0 Å². The zero-order valence-electron chi connectivity index (χ0n) is 10.8. The fourth-order valence-electron chi connectivity index (χ4n) is 2.83. The molecule has 2 heterocycles. The molecule has 0 saturated carbocycles. The number of anilines is 2. The zero-order valence-corrected chi connectivity index (χ0v) is 12.4. The number of hydrogen-bond donors (Lipinski definition) is 1. The molecule has 0 radical (unpaired) electrons. The van der Waals surface area contributed by atoms with Crippen molar-refractivity contribution in [3.05, 3.63) is 23.8 Å². The number of nitrogens with zero attached hydrogens (tertiary/aromatic N) is 1. The number of rotatable bonds is 1. The van der Waals surface area contributed by atoms with Gasteiger partial charge in [0.05, 0.1) is 5.25 Å². The molecular formula is C14H19ClN2OS. The Bertz CT molecular complexity index is 475. The minimum atomic E-state index is 0. The molecule has 1 saturated heterocycles. The summed E-state index contributed by atoms with van der Waals surface area (Å²) in [4.78, 5) is 14.5. The minimum Gasteiger partial charge on any atom is -0.398 e. The van der Waals surface area contributed by atoms with E-state index < -0.39 is 0 Å². The van der Waals surface area contributed by atoms with E-state index in [9.17, 15) is 4.79 Å². The number of thioether (sulfide) groups is 1. The summed E-state index contributed by atoms with van der Waals surface area (Å²) < 4.78 is 0. The van der Waals surface area contributed by atoms with E-state index in [2.05, 4.69) is 0 Å². The standard InChI is InChI=1S/C14H18N2OS.ClH/c15-11-5-1-6-12-10(11)4-2-8-16(12)14(17)13-7-3-9-18-13;/h1,5-6,13H,2-4,7-9,15H2;1H. The maximum absolute atomic E-state index is 12.5. The Kier molecular flexibility index (Phi) is 4.63. The summed E-state index contributed by atoms with van der Waals surface area (Å²) in [5, 5.41) is 0.164. The van der Waals surface area contributed by atoms with Gasteiger partial charge in [0.1, 0.15) is 0 Å². The number of halogens is 1. The highest BCUT2D eigenvalue weighted by Crippen LogP contribution is 2.35. The highest BCUT2D eigenvalue weighted by atomic mass is 35.5. The second-order valence-corrected chi connectivity index (χ2v) is 6.25. The summed E-state index contributed by atoms with van der Waals surface area (Å²) in [5.41, 5.74) is 9.03. The fraction of sp³-hybridized carbons (Fsp3) is 0.500. The van der Waals surface area contributed by atoms with Gasteiger partial charge in [-0.3, -0.25) is 4.79 Å². The second-order valence-electron chi connectivity index (χ2n) is 4.94. The van der Waals surface area contributed by atoms with E-state index in [1.54, 1.807) is 11.8 Å². The van der Waals surface area contributed by atoms with E-state index in [1.165, 1.54) is 6.42 Å².